The molecule has 0 spiro atoms. The van der Waals surface area contributed by atoms with Crippen molar-refractivity contribution in [3.63, 3.8) is 0 Å². The minimum atomic E-state index is -0.105. The summed E-state index contributed by atoms with van der Waals surface area (Å²) in [5, 5.41) is 2.92. The lowest BCUT2D eigenvalue weighted by molar-refractivity contribution is 0.0939. The summed E-state index contributed by atoms with van der Waals surface area (Å²) in [6, 6.07) is 5.35. The van der Waals surface area contributed by atoms with Crippen LogP contribution in [0, 0.1) is 5.92 Å². The Bertz CT molecular complexity index is 430. The van der Waals surface area contributed by atoms with Crippen molar-refractivity contribution >= 4 is 21.8 Å². The first-order chi connectivity index (χ1) is 9.15. The fourth-order valence-electron chi connectivity index (χ4n) is 2.24. The van der Waals surface area contributed by atoms with Crippen LogP contribution < -0.4 is 5.32 Å². The van der Waals surface area contributed by atoms with Crippen molar-refractivity contribution in [2.75, 3.05) is 26.2 Å². The van der Waals surface area contributed by atoms with Crippen LogP contribution in [-0.2, 0) is 0 Å². The van der Waals surface area contributed by atoms with Gasteiger partial charge in [0.15, 0.2) is 0 Å². The largest absolute Gasteiger partial charge is 0.349 e. The van der Waals surface area contributed by atoms with E-state index in [0.717, 1.165) is 25.6 Å². The molecule has 1 aliphatic rings. The number of carbonyl (C=O) groups is 1. The highest BCUT2D eigenvalue weighted by molar-refractivity contribution is 9.10. The van der Waals surface area contributed by atoms with Gasteiger partial charge in [-0.2, -0.15) is 0 Å². The zero-order chi connectivity index (χ0) is 13.7. The third kappa shape index (κ3) is 4.58. The van der Waals surface area contributed by atoms with Crippen LogP contribution in [0.1, 0.15) is 30.3 Å². The third-order valence-corrected chi connectivity index (χ3v) is 3.98. The number of hydrogen-bond donors (Lipinski definition) is 1. The molecule has 4 nitrogen and oxygen atoms in total. The molecule has 0 aromatic carbocycles. The minimum Gasteiger partial charge on any atom is -0.349 e. The molecule has 1 N–H and O–H groups in total. The molecule has 1 fully saturated rings. The van der Waals surface area contributed by atoms with Gasteiger partial charge in [0.05, 0.1) is 0 Å². The maximum Gasteiger partial charge on any atom is 0.269 e. The van der Waals surface area contributed by atoms with E-state index in [4.69, 9.17) is 0 Å². The summed E-state index contributed by atoms with van der Waals surface area (Å²) in [6.07, 6.45) is 2.53. The van der Waals surface area contributed by atoms with Gasteiger partial charge in [0.25, 0.3) is 5.91 Å². The van der Waals surface area contributed by atoms with Crippen molar-refractivity contribution < 1.29 is 4.79 Å². The first-order valence-corrected chi connectivity index (χ1v) is 7.57. The van der Waals surface area contributed by atoms with E-state index in [1.807, 2.05) is 12.1 Å². The standard InChI is InChI=1S/C14H20BrN3O/c1-11-5-8-18(9-6-11)10-7-16-14(19)12-3-2-4-13(15)17-12/h2-4,11H,5-10H2,1H3,(H,16,19). The summed E-state index contributed by atoms with van der Waals surface area (Å²) in [5.74, 6) is 0.739. The maximum atomic E-state index is 11.9. The maximum absolute atomic E-state index is 11.9. The van der Waals surface area contributed by atoms with Crippen molar-refractivity contribution in [3.05, 3.63) is 28.5 Å². The van der Waals surface area contributed by atoms with Gasteiger partial charge in [-0.15, -0.1) is 0 Å². The average Bonchev–Trinajstić information content (AvgIpc) is 2.41. The molecule has 0 radical (unpaired) electrons. The minimum absolute atomic E-state index is 0.105. The smallest absolute Gasteiger partial charge is 0.269 e. The third-order valence-electron chi connectivity index (χ3n) is 3.54. The van der Waals surface area contributed by atoms with E-state index in [1.165, 1.54) is 12.8 Å². The van der Waals surface area contributed by atoms with Crippen molar-refractivity contribution in [1.82, 2.24) is 15.2 Å². The van der Waals surface area contributed by atoms with Crippen LogP contribution in [0.5, 0.6) is 0 Å². The molecule has 0 unspecified atom stereocenters. The van der Waals surface area contributed by atoms with Crippen LogP contribution in [0.15, 0.2) is 22.8 Å². The van der Waals surface area contributed by atoms with E-state index in [1.54, 1.807) is 6.07 Å². The number of nitrogens with zero attached hydrogens (tertiary/aromatic N) is 2. The summed E-state index contributed by atoms with van der Waals surface area (Å²) in [6.45, 7) is 6.20. The lowest BCUT2D eigenvalue weighted by atomic mass is 9.99. The summed E-state index contributed by atoms with van der Waals surface area (Å²) >= 11 is 3.27. The molecular weight excluding hydrogens is 306 g/mol. The summed E-state index contributed by atoms with van der Waals surface area (Å²) in [5.41, 5.74) is 0.460. The van der Waals surface area contributed by atoms with E-state index < -0.39 is 0 Å². The van der Waals surface area contributed by atoms with E-state index >= 15 is 0 Å². The number of hydrogen-bond acceptors (Lipinski definition) is 3. The Labute approximate surface area is 122 Å². The molecule has 1 aromatic rings. The van der Waals surface area contributed by atoms with Gasteiger partial charge in [-0.25, -0.2) is 4.98 Å². The Morgan fingerprint density at radius 1 is 1.47 bits per heavy atom. The van der Waals surface area contributed by atoms with E-state index in [9.17, 15) is 4.79 Å². The van der Waals surface area contributed by atoms with E-state index in [2.05, 4.69) is 38.1 Å². The van der Waals surface area contributed by atoms with Gasteiger partial charge in [-0.1, -0.05) is 13.0 Å². The van der Waals surface area contributed by atoms with Gasteiger partial charge < -0.3 is 10.2 Å². The van der Waals surface area contributed by atoms with Crippen molar-refractivity contribution in [3.8, 4) is 0 Å². The predicted octanol–water partition coefficient (Wildman–Crippen LogP) is 2.31. The lowest BCUT2D eigenvalue weighted by Gasteiger charge is -2.30. The van der Waals surface area contributed by atoms with Gasteiger partial charge >= 0.3 is 0 Å². The molecule has 1 saturated heterocycles. The molecule has 0 aliphatic carbocycles. The number of aromatic nitrogens is 1. The number of pyridine rings is 1. The molecule has 0 atom stereocenters. The molecule has 1 aliphatic heterocycles. The number of amides is 1. The topological polar surface area (TPSA) is 45.2 Å². The number of halogens is 1. The average molecular weight is 326 g/mol. The zero-order valence-electron chi connectivity index (χ0n) is 11.2. The van der Waals surface area contributed by atoms with Crippen LogP contribution in [0.4, 0.5) is 0 Å². The molecule has 2 heterocycles. The molecule has 104 valence electrons. The molecule has 1 aromatic heterocycles. The van der Waals surface area contributed by atoms with Gasteiger partial charge in [0.2, 0.25) is 0 Å². The summed E-state index contributed by atoms with van der Waals surface area (Å²) in [7, 11) is 0. The van der Waals surface area contributed by atoms with Crippen molar-refractivity contribution in [1.29, 1.82) is 0 Å². The normalized spacial score (nSPS) is 17.4. The Morgan fingerprint density at radius 2 is 2.21 bits per heavy atom. The summed E-state index contributed by atoms with van der Waals surface area (Å²) in [4.78, 5) is 18.4. The predicted molar refractivity (Wildman–Crippen MR) is 79.1 cm³/mol. The number of nitrogens with one attached hydrogen (secondary N) is 1. The van der Waals surface area contributed by atoms with E-state index in [0.29, 0.717) is 16.8 Å². The fraction of sp³-hybridized carbons (Fsp3) is 0.571. The molecule has 5 heteroatoms. The molecule has 19 heavy (non-hydrogen) atoms. The van der Waals surface area contributed by atoms with Crippen LogP contribution in [-0.4, -0.2) is 42.0 Å². The Hall–Kier alpha value is -0.940. The molecule has 0 bridgehead atoms. The summed E-state index contributed by atoms with van der Waals surface area (Å²) < 4.78 is 0.685. The van der Waals surface area contributed by atoms with Crippen molar-refractivity contribution in [2.24, 2.45) is 5.92 Å². The molecule has 2 rings (SSSR count). The van der Waals surface area contributed by atoms with Crippen LogP contribution in [0.3, 0.4) is 0 Å². The van der Waals surface area contributed by atoms with Gasteiger partial charge in [-0.3, -0.25) is 4.79 Å². The molecule has 0 saturated carbocycles. The lowest BCUT2D eigenvalue weighted by Crippen LogP contribution is -2.39. The Kier molecular flexibility index (Phi) is 5.34. The quantitative estimate of drug-likeness (QED) is 0.864. The van der Waals surface area contributed by atoms with Crippen LogP contribution in [0.25, 0.3) is 0 Å². The number of likely N-dealkylation sites (tertiary alicyclic amines) is 1. The Balaban J connectivity index is 1.72. The van der Waals surface area contributed by atoms with Gasteiger partial charge in [0, 0.05) is 13.1 Å². The highest BCUT2D eigenvalue weighted by atomic mass is 79.9. The molecular formula is C14H20BrN3O. The first-order valence-electron chi connectivity index (χ1n) is 6.78. The van der Waals surface area contributed by atoms with Crippen molar-refractivity contribution in [2.45, 2.75) is 19.8 Å². The second-order valence-electron chi connectivity index (χ2n) is 5.13. The Morgan fingerprint density at radius 3 is 2.89 bits per heavy atom. The highest BCUT2D eigenvalue weighted by Gasteiger charge is 2.15. The zero-order valence-corrected chi connectivity index (χ0v) is 12.8. The van der Waals surface area contributed by atoms with Crippen LogP contribution >= 0.6 is 15.9 Å². The first kappa shape index (κ1) is 14.5. The fourth-order valence-corrected chi connectivity index (χ4v) is 2.58. The number of carbonyl (C=O) groups excluding carboxylic acids is 1. The molecule has 1 amide bonds. The van der Waals surface area contributed by atoms with Crippen LogP contribution in [0.2, 0.25) is 0 Å². The second-order valence-corrected chi connectivity index (χ2v) is 5.94. The highest BCUT2D eigenvalue weighted by Crippen LogP contribution is 2.15. The SMILES string of the molecule is CC1CCN(CCNC(=O)c2cccc(Br)n2)CC1. The monoisotopic (exact) mass is 325 g/mol. The second kappa shape index (κ2) is 7.01. The number of piperidine rings is 1. The van der Waals surface area contributed by atoms with Gasteiger partial charge in [-0.05, 0) is 59.9 Å². The van der Waals surface area contributed by atoms with E-state index in [-0.39, 0.29) is 5.91 Å². The van der Waals surface area contributed by atoms with Gasteiger partial charge in [0.1, 0.15) is 10.3 Å². The number of rotatable bonds is 4.